The summed E-state index contributed by atoms with van der Waals surface area (Å²) < 4.78 is 26.3. The summed E-state index contributed by atoms with van der Waals surface area (Å²) in [6, 6.07) is 6.34. The molecular formula is C13H6Cl2F2O. The molecule has 18 heavy (non-hydrogen) atoms. The van der Waals surface area contributed by atoms with Crippen molar-refractivity contribution in [3.63, 3.8) is 0 Å². The van der Waals surface area contributed by atoms with E-state index in [1.54, 1.807) is 12.1 Å². The van der Waals surface area contributed by atoms with Crippen LogP contribution in [0.2, 0.25) is 10.0 Å². The molecule has 0 bridgehead atoms. The molecule has 0 aliphatic rings. The fourth-order valence-electron chi connectivity index (χ4n) is 1.60. The molecule has 0 N–H and O–H groups in total. The van der Waals surface area contributed by atoms with E-state index in [2.05, 4.69) is 0 Å². The van der Waals surface area contributed by atoms with E-state index >= 15 is 0 Å². The molecule has 0 saturated carbocycles. The number of hydrogen-bond acceptors (Lipinski definition) is 1. The van der Waals surface area contributed by atoms with Gasteiger partial charge in [0.1, 0.15) is 0 Å². The fraction of sp³-hybridized carbons (Fsp3) is 0. The van der Waals surface area contributed by atoms with Gasteiger partial charge in [-0.25, -0.2) is 8.78 Å². The van der Waals surface area contributed by atoms with Gasteiger partial charge in [0.15, 0.2) is 17.9 Å². The first kappa shape index (κ1) is 13.0. The van der Waals surface area contributed by atoms with E-state index in [0.29, 0.717) is 16.9 Å². The van der Waals surface area contributed by atoms with Gasteiger partial charge in [-0.1, -0.05) is 29.3 Å². The van der Waals surface area contributed by atoms with Gasteiger partial charge >= 0.3 is 0 Å². The molecule has 5 heteroatoms. The van der Waals surface area contributed by atoms with Crippen LogP contribution in [0, 0.1) is 11.6 Å². The van der Waals surface area contributed by atoms with Gasteiger partial charge < -0.3 is 0 Å². The first-order valence-electron chi connectivity index (χ1n) is 4.92. The molecule has 0 aromatic heterocycles. The summed E-state index contributed by atoms with van der Waals surface area (Å²) in [4.78, 5) is 10.9. The van der Waals surface area contributed by atoms with E-state index in [9.17, 15) is 13.6 Å². The van der Waals surface area contributed by atoms with Gasteiger partial charge in [-0.2, -0.15) is 0 Å². The highest BCUT2D eigenvalue weighted by Crippen LogP contribution is 2.33. The lowest BCUT2D eigenvalue weighted by Gasteiger charge is -2.08. The minimum atomic E-state index is -1.08. The zero-order valence-corrected chi connectivity index (χ0v) is 10.4. The Bertz CT molecular complexity index is 627. The topological polar surface area (TPSA) is 17.1 Å². The van der Waals surface area contributed by atoms with Crippen LogP contribution < -0.4 is 0 Å². The molecule has 0 atom stereocenters. The van der Waals surface area contributed by atoms with Gasteiger partial charge in [0.05, 0.1) is 0 Å². The maximum atomic E-state index is 13.2. The van der Waals surface area contributed by atoms with E-state index in [4.69, 9.17) is 23.2 Å². The molecule has 0 spiro atoms. The summed E-state index contributed by atoms with van der Waals surface area (Å²) in [5.41, 5.74) is 0.672. The maximum Gasteiger partial charge on any atom is 0.159 e. The smallest absolute Gasteiger partial charge is 0.159 e. The number of aldehydes is 1. The van der Waals surface area contributed by atoms with Crippen LogP contribution in [-0.4, -0.2) is 6.29 Å². The first-order valence-corrected chi connectivity index (χ1v) is 5.68. The minimum absolute atomic E-state index is 0.0260. The highest BCUT2D eigenvalue weighted by molar-refractivity contribution is 6.36. The van der Waals surface area contributed by atoms with Crippen molar-refractivity contribution >= 4 is 29.5 Å². The van der Waals surface area contributed by atoms with E-state index in [0.717, 1.165) is 12.1 Å². The first-order chi connectivity index (χ1) is 8.52. The third-order valence-corrected chi connectivity index (χ3v) is 2.99. The number of halogens is 4. The van der Waals surface area contributed by atoms with Crippen LogP contribution in [0.1, 0.15) is 10.4 Å². The van der Waals surface area contributed by atoms with Gasteiger partial charge in [-0.05, 0) is 29.8 Å². The normalized spacial score (nSPS) is 10.4. The van der Waals surface area contributed by atoms with E-state index in [1.807, 2.05) is 0 Å². The average molecular weight is 287 g/mol. The quantitative estimate of drug-likeness (QED) is 0.728. The molecule has 0 radical (unpaired) electrons. The average Bonchev–Trinajstić information content (AvgIpc) is 2.32. The Morgan fingerprint density at radius 2 is 1.61 bits per heavy atom. The van der Waals surface area contributed by atoms with Gasteiger partial charge in [0.25, 0.3) is 0 Å². The molecule has 2 aromatic carbocycles. The third-order valence-electron chi connectivity index (χ3n) is 2.44. The van der Waals surface area contributed by atoms with Crippen LogP contribution in [0.4, 0.5) is 8.78 Å². The molecule has 0 aliphatic carbocycles. The van der Waals surface area contributed by atoms with Gasteiger partial charge in [-0.3, -0.25) is 4.79 Å². The monoisotopic (exact) mass is 286 g/mol. The second kappa shape index (κ2) is 5.04. The Morgan fingerprint density at radius 1 is 0.944 bits per heavy atom. The van der Waals surface area contributed by atoms with E-state index in [1.165, 1.54) is 6.07 Å². The van der Waals surface area contributed by atoms with Crippen molar-refractivity contribution in [2.75, 3.05) is 0 Å². The standard InChI is InChI=1S/C13H6Cl2F2O/c14-8-1-2-9(11(15)4-8)10-5-13(17)12(16)3-7(10)6-18/h1-6H. The lowest BCUT2D eigenvalue weighted by atomic mass is 10.00. The lowest BCUT2D eigenvalue weighted by molar-refractivity contribution is 0.112. The molecule has 2 rings (SSSR count). The zero-order chi connectivity index (χ0) is 13.3. The summed E-state index contributed by atoms with van der Waals surface area (Å²) in [5, 5.41) is 0.676. The van der Waals surface area contributed by atoms with Crippen molar-refractivity contribution in [3.05, 3.63) is 57.6 Å². The van der Waals surface area contributed by atoms with Crippen molar-refractivity contribution < 1.29 is 13.6 Å². The van der Waals surface area contributed by atoms with Crippen LogP contribution in [0.3, 0.4) is 0 Å². The fourth-order valence-corrected chi connectivity index (χ4v) is 2.11. The molecule has 0 heterocycles. The summed E-state index contributed by atoms with van der Waals surface area (Å²) in [7, 11) is 0. The number of carbonyl (C=O) groups is 1. The van der Waals surface area contributed by atoms with Crippen molar-refractivity contribution in [3.8, 4) is 11.1 Å². The molecule has 0 fully saturated rings. The van der Waals surface area contributed by atoms with E-state index < -0.39 is 11.6 Å². The Kier molecular flexibility index (Phi) is 3.64. The van der Waals surface area contributed by atoms with Crippen LogP contribution in [0.25, 0.3) is 11.1 Å². The summed E-state index contributed by atoms with van der Waals surface area (Å²) in [6.45, 7) is 0. The van der Waals surface area contributed by atoms with Crippen LogP contribution in [0.15, 0.2) is 30.3 Å². The SMILES string of the molecule is O=Cc1cc(F)c(F)cc1-c1ccc(Cl)cc1Cl. The molecule has 0 amide bonds. The predicted molar refractivity (Wildman–Crippen MR) is 67.2 cm³/mol. The number of benzene rings is 2. The second-order valence-electron chi connectivity index (χ2n) is 3.60. The molecule has 92 valence electrons. The van der Waals surface area contributed by atoms with E-state index in [-0.39, 0.29) is 16.1 Å². The highest BCUT2D eigenvalue weighted by atomic mass is 35.5. The molecular weight excluding hydrogens is 281 g/mol. The predicted octanol–water partition coefficient (Wildman–Crippen LogP) is 4.75. The highest BCUT2D eigenvalue weighted by Gasteiger charge is 2.13. The summed E-state index contributed by atoms with van der Waals surface area (Å²) in [5.74, 6) is -2.12. The summed E-state index contributed by atoms with van der Waals surface area (Å²) in [6.07, 6.45) is 0.447. The zero-order valence-electron chi connectivity index (χ0n) is 8.88. The molecule has 1 nitrogen and oxygen atoms in total. The van der Waals surface area contributed by atoms with Crippen molar-refractivity contribution in [2.45, 2.75) is 0 Å². The Hall–Kier alpha value is -1.45. The molecule has 0 saturated heterocycles. The number of carbonyl (C=O) groups excluding carboxylic acids is 1. The number of hydrogen-bond donors (Lipinski definition) is 0. The summed E-state index contributed by atoms with van der Waals surface area (Å²) >= 11 is 11.7. The van der Waals surface area contributed by atoms with Crippen molar-refractivity contribution in [1.82, 2.24) is 0 Å². The molecule has 0 aliphatic heterocycles. The van der Waals surface area contributed by atoms with Gasteiger partial charge in [-0.15, -0.1) is 0 Å². The minimum Gasteiger partial charge on any atom is -0.298 e. The van der Waals surface area contributed by atoms with Gasteiger partial charge in [0.2, 0.25) is 0 Å². The Balaban J connectivity index is 2.70. The van der Waals surface area contributed by atoms with Crippen LogP contribution in [-0.2, 0) is 0 Å². The Morgan fingerprint density at radius 3 is 2.22 bits per heavy atom. The molecule has 0 unspecified atom stereocenters. The maximum absolute atomic E-state index is 13.2. The lowest BCUT2D eigenvalue weighted by Crippen LogP contribution is -1.94. The molecule has 2 aromatic rings. The Labute approximate surface area is 112 Å². The van der Waals surface area contributed by atoms with Crippen LogP contribution >= 0.6 is 23.2 Å². The van der Waals surface area contributed by atoms with Crippen molar-refractivity contribution in [2.24, 2.45) is 0 Å². The largest absolute Gasteiger partial charge is 0.298 e. The van der Waals surface area contributed by atoms with Crippen LogP contribution in [0.5, 0.6) is 0 Å². The van der Waals surface area contributed by atoms with Gasteiger partial charge in [0, 0.05) is 21.2 Å². The number of rotatable bonds is 2. The van der Waals surface area contributed by atoms with Crippen molar-refractivity contribution in [1.29, 1.82) is 0 Å². The second-order valence-corrected chi connectivity index (χ2v) is 4.44. The third kappa shape index (κ3) is 2.37.